The van der Waals surface area contributed by atoms with E-state index in [9.17, 15) is 0 Å². The van der Waals surface area contributed by atoms with E-state index >= 15 is 0 Å². The fraction of sp³-hybridized carbons (Fsp3) is 0.200. The summed E-state index contributed by atoms with van der Waals surface area (Å²) >= 11 is 5.82. The number of hydrogen-bond donors (Lipinski definition) is 2. The van der Waals surface area contributed by atoms with Gasteiger partial charge in [-0.25, -0.2) is 0 Å². The van der Waals surface area contributed by atoms with E-state index in [4.69, 9.17) is 11.6 Å². The first-order chi connectivity index (χ1) is 11.3. The van der Waals surface area contributed by atoms with Crippen molar-refractivity contribution >= 4 is 28.6 Å². The third kappa shape index (κ3) is 4.72. The number of aromatic amines is 1. The molecule has 3 heteroatoms. The van der Waals surface area contributed by atoms with E-state index in [2.05, 4.69) is 46.7 Å². The zero-order valence-electron chi connectivity index (χ0n) is 13.1. The lowest BCUT2D eigenvalue weighted by Gasteiger charge is -2.15. The molecule has 4 rings (SSSR count). The van der Waals surface area contributed by atoms with Gasteiger partial charge in [-0.05, 0) is 61.1 Å². The van der Waals surface area contributed by atoms with Gasteiger partial charge in [-0.3, -0.25) is 0 Å². The summed E-state index contributed by atoms with van der Waals surface area (Å²) in [7, 11) is 0. The quantitative estimate of drug-likeness (QED) is 0.626. The Hall–Kier alpha value is -2.03. The Morgan fingerprint density at radius 3 is 2.35 bits per heavy atom. The molecule has 23 heavy (non-hydrogen) atoms. The number of halogens is 1. The van der Waals surface area contributed by atoms with Gasteiger partial charge >= 0.3 is 0 Å². The summed E-state index contributed by atoms with van der Waals surface area (Å²) in [6.45, 7) is 2.22. The standard InChI is InChI=1S/C12H14ClN.C8H7N/c13-12-3-1-10(2-4-12)9-11-5-7-14-8-6-11;1-2-4-8-7(3-1)5-6-9-8/h1-4,9,14H,5-8H2;1-6,9H. The zero-order valence-corrected chi connectivity index (χ0v) is 13.8. The molecule has 2 nitrogen and oxygen atoms in total. The van der Waals surface area contributed by atoms with Crippen LogP contribution < -0.4 is 5.32 Å². The minimum atomic E-state index is 0.803. The Bertz CT molecular complexity index is 733. The first kappa shape index (κ1) is 15.9. The molecule has 118 valence electrons. The van der Waals surface area contributed by atoms with E-state index in [-0.39, 0.29) is 0 Å². The smallest absolute Gasteiger partial charge is 0.0453 e. The molecule has 2 heterocycles. The van der Waals surface area contributed by atoms with Crippen molar-refractivity contribution in [1.82, 2.24) is 10.3 Å². The van der Waals surface area contributed by atoms with Crippen molar-refractivity contribution in [2.75, 3.05) is 13.1 Å². The maximum absolute atomic E-state index is 5.82. The summed E-state index contributed by atoms with van der Waals surface area (Å²) in [5, 5.41) is 5.43. The van der Waals surface area contributed by atoms with Crippen LogP contribution in [0.4, 0.5) is 0 Å². The van der Waals surface area contributed by atoms with Gasteiger partial charge in [0.15, 0.2) is 0 Å². The molecular formula is C20H21ClN2. The van der Waals surface area contributed by atoms with Crippen LogP contribution in [0.15, 0.2) is 66.4 Å². The molecule has 1 saturated heterocycles. The predicted octanol–water partition coefficient (Wildman–Crippen LogP) is 5.27. The molecular weight excluding hydrogens is 304 g/mol. The summed E-state index contributed by atoms with van der Waals surface area (Å²) in [4.78, 5) is 3.12. The van der Waals surface area contributed by atoms with Gasteiger partial charge in [-0.2, -0.15) is 0 Å². The fourth-order valence-corrected chi connectivity index (χ4v) is 2.81. The van der Waals surface area contributed by atoms with E-state index in [1.54, 1.807) is 0 Å². The van der Waals surface area contributed by atoms with Crippen LogP contribution in [0.1, 0.15) is 18.4 Å². The number of rotatable bonds is 1. The van der Waals surface area contributed by atoms with Crippen molar-refractivity contribution in [3.63, 3.8) is 0 Å². The second-order valence-corrected chi connectivity index (χ2v) is 6.11. The molecule has 1 fully saturated rings. The SMILES string of the molecule is Clc1ccc(C=C2CCNCC2)cc1.c1ccc2[nH]ccc2c1. The molecule has 0 amide bonds. The van der Waals surface area contributed by atoms with E-state index in [1.807, 2.05) is 30.5 Å². The molecule has 1 aliphatic heterocycles. The minimum absolute atomic E-state index is 0.803. The monoisotopic (exact) mass is 324 g/mol. The molecule has 0 atom stereocenters. The van der Waals surface area contributed by atoms with Crippen LogP contribution in [0, 0.1) is 0 Å². The fourth-order valence-electron chi connectivity index (χ4n) is 2.68. The van der Waals surface area contributed by atoms with Gasteiger partial charge in [0.2, 0.25) is 0 Å². The molecule has 0 spiro atoms. The highest BCUT2D eigenvalue weighted by Crippen LogP contribution is 2.17. The van der Waals surface area contributed by atoms with E-state index in [0.29, 0.717) is 0 Å². The Labute approximate surface area is 142 Å². The van der Waals surface area contributed by atoms with Gasteiger partial charge in [-0.15, -0.1) is 0 Å². The van der Waals surface area contributed by atoms with Crippen molar-refractivity contribution in [3.05, 3.63) is 77.0 Å². The molecule has 1 aliphatic rings. The first-order valence-electron chi connectivity index (χ1n) is 7.99. The van der Waals surface area contributed by atoms with E-state index in [1.165, 1.54) is 34.9 Å². The number of hydrogen-bond acceptors (Lipinski definition) is 1. The second kappa shape index (κ2) is 8.00. The molecule has 0 saturated carbocycles. The van der Waals surface area contributed by atoms with Gasteiger partial charge < -0.3 is 10.3 Å². The predicted molar refractivity (Wildman–Crippen MR) is 99.8 cm³/mol. The topological polar surface area (TPSA) is 27.8 Å². The zero-order chi connectivity index (χ0) is 15.9. The number of benzene rings is 2. The van der Waals surface area contributed by atoms with Crippen LogP contribution in [0.25, 0.3) is 17.0 Å². The second-order valence-electron chi connectivity index (χ2n) is 5.67. The lowest BCUT2D eigenvalue weighted by molar-refractivity contribution is 0.613. The Morgan fingerprint density at radius 1 is 0.870 bits per heavy atom. The number of para-hydroxylation sites is 1. The molecule has 1 aromatic heterocycles. The summed E-state index contributed by atoms with van der Waals surface area (Å²) in [5.74, 6) is 0. The largest absolute Gasteiger partial charge is 0.361 e. The summed E-state index contributed by atoms with van der Waals surface area (Å²) in [5.41, 5.74) is 4.00. The number of nitrogens with one attached hydrogen (secondary N) is 2. The molecule has 0 radical (unpaired) electrons. The molecule has 2 aromatic carbocycles. The van der Waals surface area contributed by atoms with Crippen LogP contribution in [0.5, 0.6) is 0 Å². The number of piperidine rings is 1. The Kier molecular flexibility index (Phi) is 5.51. The van der Waals surface area contributed by atoms with Crippen molar-refractivity contribution < 1.29 is 0 Å². The van der Waals surface area contributed by atoms with Gasteiger partial charge in [0.1, 0.15) is 0 Å². The molecule has 0 aliphatic carbocycles. The first-order valence-corrected chi connectivity index (χ1v) is 8.37. The van der Waals surface area contributed by atoms with Crippen molar-refractivity contribution in [3.8, 4) is 0 Å². The third-order valence-corrected chi connectivity index (χ3v) is 4.20. The highest BCUT2D eigenvalue weighted by molar-refractivity contribution is 6.30. The minimum Gasteiger partial charge on any atom is -0.361 e. The molecule has 0 bridgehead atoms. The van der Waals surface area contributed by atoms with Crippen LogP contribution >= 0.6 is 11.6 Å². The molecule has 0 unspecified atom stereocenters. The van der Waals surface area contributed by atoms with Crippen molar-refractivity contribution in [2.24, 2.45) is 0 Å². The lowest BCUT2D eigenvalue weighted by Crippen LogP contribution is -2.22. The molecule has 2 N–H and O–H groups in total. The van der Waals surface area contributed by atoms with E-state index < -0.39 is 0 Å². The van der Waals surface area contributed by atoms with Gasteiger partial charge in [-0.1, -0.05) is 53.6 Å². The molecule has 3 aromatic rings. The average Bonchev–Trinajstić information content (AvgIpc) is 3.07. The summed E-state index contributed by atoms with van der Waals surface area (Å²) in [6, 6.07) is 18.3. The Balaban J connectivity index is 0.000000149. The van der Waals surface area contributed by atoms with Crippen LogP contribution in [0.3, 0.4) is 0 Å². The van der Waals surface area contributed by atoms with Gasteiger partial charge in [0, 0.05) is 16.7 Å². The summed E-state index contributed by atoms with van der Waals surface area (Å²) in [6.07, 6.45) is 6.56. The van der Waals surface area contributed by atoms with E-state index in [0.717, 1.165) is 18.1 Å². The number of H-pyrrole nitrogens is 1. The lowest BCUT2D eigenvalue weighted by atomic mass is 10.0. The van der Waals surface area contributed by atoms with Crippen LogP contribution in [0.2, 0.25) is 5.02 Å². The highest BCUT2D eigenvalue weighted by atomic mass is 35.5. The number of aromatic nitrogens is 1. The third-order valence-electron chi connectivity index (χ3n) is 3.95. The van der Waals surface area contributed by atoms with Gasteiger partial charge in [0.05, 0.1) is 0 Å². The Morgan fingerprint density at radius 2 is 1.61 bits per heavy atom. The highest BCUT2D eigenvalue weighted by Gasteiger charge is 2.03. The summed E-state index contributed by atoms with van der Waals surface area (Å²) < 4.78 is 0. The normalized spacial score (nSPS) is 14.2. The van der Waals surface area contributed by atoms with Crippen molar-refractivity contribution in [2.45, 2.75) is 12.8 Å². The van der Waals surface area contributed by atoms with Crippen LogP contribution in [-0.2, 0) is 0 Å². The number of fused-ring (bicyclic) bond motifs is 1. The maximum atomic E-state index is 5.82. The maximum Gasteiger partial charge on any atom is 0.0453 e. The van der Waals surface area contributed by atoms with Gasteiger partial charge in [0.25, 0.3) is 0 Å². The van der Waals surface area contributed by atoms with Crippen molar-refractivity contribution in [1.29, 1.82) is 0 Å². The average molecular weight is 325 g/mol. The van der Waals surface area contributed by atoms with Crippen LogP contribution in [-0.4, -0.2) is 18.1 Å².